The summed E-state index contributed by atoms with van der Waals surface area (Å²) >= 11 is 0. The van der Waals surface area contributed by atoms with Crippen LogP contribution in [0, 0.1) is 0 Å². The summed E-state index contributed by atoms with van der Waals surface area (Å²) in [6.07, 6.45) is 0. The molecule has 0 saturated heterocycles. The van der Waals surface area contributed by atoms with Crippen molar-refractivity contribution in [3.63, 3.8) is 0 Å². The smallest absolute Gasteiger partial charge is 0.198 e. The Hall–Kier alpha value is -2.66. The van der Waals surface area contributed by atoms with Gasteiger partial charge < -0.3 is 16.0 Å². The van der Waals surface area contributed by atoms with E-state index in [1.54, 1.807) is 24.3 Å². The largest absolute Gasteiger partial charge is 0.385 e. The number of anilines is 2. The number of nitrogens with one attached hydrogen (secondary N) is 3. The summed E-state index contributed by atoms with van der Waals surface area (Å²) in [4.78, 5) is 25.8. The third-order valence-electron chi connectivity index (χ3n) is 4.31. The zero-order valence-corrected chi connectivity index (χ0v) is 16.6. The Kier molecular flexibility index (Phi) is 7.55. The highest BCUT2D eigenvalue weighted by Crippen LogP contribution is 2.35. The lowest BCUT2D eigenvalue weighted by Crippen LogP contribution is -2.24. The second-order valence-electron chi connectivity index (χ2n) is 6.13. The summed E-state index contributed by atoms with van der Waals surface area (Å²) in [5.74, 6) is -0.193. The Morgan fingerprint density at radius 1 is 0.630 bits per heavy atom. The predicted octanol–water partition coefficient (Wildman–Crippen LogP) is 3.94. The Bertz CT molecular complexity index is 752. The molecule has 1 aliphatic carbocycles. The van der Waals surface area contributed by atoms with Gasteiger partial charge in [-0.3, -0.25) is 9.59 Å². The van der Waals surface area contributed by atoms with Crippen LogP contribution in [0.4, 0.5) is 11.4 Å². The molecule has 0 aromatic heterocycles. The molecule has 0 saturated carbocycles. The number of hydrogen-bond donors (Lipinski definition) is 3. The fourth-order valence-electron chi connectivity index (χ4n) is 3.17. The van der Waals surface area contributed by atoms with E-state index in [0.29, 0.717) is 35.3 Å². The molecule has 2 aromatic carbocycles. The normalized spacial score (nSPS) is 11.9. The highest BCUT2D eigenvalue weighted by Gasteiger charge is 2.33. The molecule has 5 heteroatoms. The maximum atomic E-state index is 13.0. The van der Waals surface area contributed by atoms with E-state index < -0.39 is 0 Å². The van der Waals surface area contributed by atoms with Crippen LogP contribution in [0.3, 0.4) is 0 Å². The van der Waals surface area contributed by atoms with Crippen molar-refractivity contribution in [2.24, 2.45) is 0 Å². The fourth-order valence-corrected chi connectivity index (χ4v) is 3.17. The van der Waals surface area contributed by atoms with E-state index in [-0.39, 0.29) is 11.6 Å². The van der Waals surface area contributed by atoms with Gasteiger partial charge in [-0.2, -0.15) is 0 Å². The average molecular weight is 367 g/mol. The van der Waals surface area contributed by atoms with Crippen molar-refractivity contribution in [1.82, 2.24) is 5.32 Å². The first-order chi connectivity index (χ1) is 13.1. The summed E-state index contributed by atoms with van der Waals surface area (Å²) in [6.45, 7) is 11.7. The molecule has 0 unspecified atom stereocenters. The molecule has 0 atom stereocenters. The third-order valence-corrected chi connectivity index (χ3v) is 4.31. The standard InChI is InChI=1S/C18H18N2O2.C4H11N/c1-3-19-13-9-5-7-11-15(13)18(22)16-12(17(11)21)8-6-10-14(16)20-4-2;1-3-5-4-2/h5-10,19-20H,3-4H2,1-2H3;5H,3-4H2,1-2H3. The zero-order valence-electron chi connectivity index (χ0n) is 16.6. The van der Waals surface area contributed by atoms with Gasteiger partial charge >= 0.3 is 0 Å². The first-order valence-electron chi connectivity index (χ1n) is 9.64. The van der Waals surface area contributed by atoms with Crippen LogP contribution in [-0.4, -0.2) is 37.7 Å². The van der Waals surface area contributed by atoms with Gasteiger partial charge in [0.05, 0.1) is 11.1 Å². The van der Waals surface area contributed by atoms with E-state index in [9.17, 15) is 9.59 Å². The van der Waals surface area contributed by atoms with E-state index in [4.69, 9.17) is 0 Å². The predicted molar refractivity (Wildman–Crippen MR) is 112 cm³/mol. The lowest BCUT2D eigenvalue weighted by Gasteiger charge is -2.22. The summed E-state index contributed by atoms with van der Waals surface area (Å²) in [7, 11) is 0. The van der Waals surface area contributed by atoms with Crippen molar-refractivity contribution in [1.29, 1.82) is 0 Å². The fraction of sp³-hybridized carbons (Fsp3) is 0.364. The molecule has 0 amide bonds. The molecule has 1 aliphatic rings. The quantitative estimate of drug-likeness (QED) is 0.616. The van der Waals surface area contributed by atoms with Crippen LogP contribution in [0.15, 0.2) is 36.4 Å². The van der Waals surface area contributed by atoms with E-state index in [0.717, 1.165) is 24.5 Å². The van der Waals surface area contributed by atoms with Crippen molar-refractivity contribution in [3.8, 4) is 0 Å². The van der Waals surface area contributed by atoms with Crippen LogP contribution < -0.4 is 16.0 Å². The van der Waals surface area contributed by atoms with Crippen molar-refractivity contribution in [3.05, 3.63) is 58.7 Å². The van der Waals surface area contributed by atoms with Crippen LogP contribution in [-0.2, 0) is 0 Å². The highest BCUT2D eigenvalue weighted by molar-refractivity contribution is 6.31. The van der Waals surface area contributed by atoms with E-state index in [1.807, 2.05) is 26.0 Å². The molecule has 0 bridgehead atoms. The summed E-state index contributed by atoms with van der Waals surface area (Å²) in [5.41, 5.74) is 3.35. The molecule has 0 spiro atoms. The van der Waals surface area contributed by atoms with Crippen LogP contribution in [0.25, 0.3) is 0 Å². The minimum absolute atomic E-state index is 0.0934. The first kappa shape index (κ1) is 20.6. The van der Waals surface area contributed by atoms with Gasteiger partial charge in [0.15, 0.2) is 11.6 Å². The maximum Gasteiger partial charge on any atom is 0.198 e. The highest BCUT2D eigenvalue weighted by atomic mass is 16.1. The van der Waals surface area contributed by atoms with E-state index in [1.165, 1.54) is 0 Å². The van der Waals surface area contributed by atoms with Crippen LogP contribution in [0.1, 0.15) is 59.5 Å². The molecule has 144 valence electrons. The Morgan fingerprint density at radius 2 is 1.07 bits per heavy atom. The van der Waals surface area contributed by atoms with Crippen molar-refractivity contribution in [2.45, 2.75) is 27.7 Å². The van der Waals surface area contributed by atoms with E-state index >= 15 is 0 Å². The Labute approximate surface area is 161 Å². The van der Waals surface area contributed by atoms with Gasteiger partial charge in [-0.15, -0.1) is 0 Å². The SMILES string of the molecule is CCNCC.CCNc1cccc2c1C(=O)c1c(NCC)cccc1C2=O. The summed E-state index contributed by atoms with van der Waals surface area (Å²) < 4.78 is 0. The number of fused-ring (bicyclic) bond motifs is 2. The number of benzene rings is 2. The lowest BCUT2D eigenvalue weighted by molar-refractivity contribution is 0.0980. The van der Waals surface area contributed by atoms with Gasteiger partial charge in [0.2, 0.25) is 0 Å². The molecule has 0 fully saturated rings. The van der Waals surface area contributed by atoms with Gasteiger partial charge in [0, 0.05) is 35.6 Å². The molecule has 27 heavy (non-hydrogen) atoms. The average Bonchev–Trinajstić information content (AvgIpc) is 2.67. The van der Waals surface area contributed by atoms with Crippen LogP contribution >= 0.6 is 0 Å². The van der Waals surface area contributed by atoms with Crippen molar-refractivity contribution >= 4 is 22.9 Å². The minimum Gasteiger partial charge on any atom is -0.385 e. The number of carbonyl (C=O) groups excluding carboxylic acids is 2. The van der Waals surface area contributed by atoms with Crippen LogP contribution in [0.2, 0.25) is 0 Å². The van der Waals surface area contributed by atoms with Crippen molar-refractivity contribution < 1.29 is 9.59 Å². The molecule has 0 heterocycles. The zero-order chi connectivity index (χ0) is 19.8. The van der Waals surface area contributed by atoms with Gasteiger partial charge in [-0.1, -0.05) is 38.1 Å². The Balaban J connectivity index is 0.000000465. The number of rotatable bonds is 6. The van der Waals surface area contributed by atoms with Crippen molar-refractivity contribution in [2.75, 3.05) is 36.8 Å². The molecular formula is C22H29N3O2. The number of hydrogen-bond acceptors (Lipinski definition) is 5. The molecule has 0 aliphatic heterocycles. The molecule has 5 nitrogen and oxygen atoms in total. The molecule has 0 radical (unpaired) electrons. The van der Waals surface area contributed by atoms with Gasteiger partial charge in [0.25, 0.3) is 0 Å². The van der Waals surface area contributed by atoms with Gasteiger partial charge in [-0.05, 0) is 39.1 Å². The molecule has 2 aromatic rings. The Morgan fingerprint density at radius 3 is 1.41 bits per heavy atom. The van der Waals surface area contributed by atoms with Gasteiger partial charge in [0.1, 0.15) is 0 Å². The third kappa shape index (κ3) is 4.37. The topological polar surface area (TPSA) is 70.2 Å². The monoisotopic (exact) mass is 367 g/mol. The summed E-state index contributed by atoms with van der Waals surface area (Å²) in [6, 6.07) is 10.7. The first-order valence-corrected chi connectivity index (χ1v) is 9.64. The second-order valence-corrected chi connectivity index (χ2v) is 6.13. The lowest BCUT2D eigenvalue weighted by atomic mass is 9.82. The number of ketones is 2. The van der Waals surface area contributed by atoms with E-state index in [2.05, 4.69) is 29.8 Å². The maximum absolute atomic E-state index is 13.0. The molecule has 3 rings (SSSR count). The van der Waals surface area contributed by atoms with Crippen LogP contribution in [0.5, 0.6) is 0 Å². The second kappa shape index (κ2) is 9.88. The molecule has 3 N–H and O–H groups in total. The van der Waals surface area contributed by atoms with Gasteiger partial charge in [-0.25, -0.2) is 0 Å². The summed E-state index contributed by atoms with van der Waals surface area (Å²) in [5, 5.41) is 9.46. The molecular weight excluding hydrogens is 338 g/mol. The minimum atomic E-state index is -0.0994. The number of carbonyl (C=O) groups is 2.